The molecule has 0 radical (unpaired) electrons. The van der Waals surface area contributed by atoms with Gasteiger partial charge in [0.1, 0.15) is 5.82 Å². The molecule has 0 bridgehead atoms. The zero-order valence-corrected chi connectivity index (χ0v) is 21.5. The number of benzene rings is 2. The van der Waals surface area contributed by atoms with Gasteiger partial charge in [-0.3, -0.25) is 0 Å². The second-order valence-electron chi connectivity index (χ2n) is 10.8. The molecule has 1 aliphatic heterocycles. The van der Waals surface area contributed by atoms with E-state index < -0.39 is 17.6 Å². The molecular formula is C29H38F4Si. The van der Waals surface area contributed by atoms with E-state index in [4.69, 9.17) is 0 Å². The summed E-state index contributed by atoms with van der Waals surface area (Å²) in [6, 6.07) is 15.9. The monoisotopic (exact) mass is 490 g/mol. The van der Waals surface area contributed by atoms with Crippen LogP contribution >= 0.6 is 0 Å². The highest BCUT2D eigenvalue weighted by Crippen LogP contribution is 2.40. The van der Waals surface area contributed by atoms with E-state index in [1.165, 1.54) is 69.4 Å². The van der Waals surface area contributed by atoms with Crippen LogP contribution in [0.5, 0.6) is 0 Å². The molecule has 0 spiro atoms. The van der Waals surface area contributed by atoms with E-state index in [-0.39, 0.29) is 8.80 Å². The summed E-state index contributed by atoms with van der Waals surface area (Å²) in [5.74, 6) is 1.20. The molecule has 1 heterocycles. The van der Waals surface area contributed by atoms with Gasteiger partial charge in [-0.2, -0.15) is 13.2 Å². The van der Waals surface area contributed by atoms with Gasteiger partial charge in [-0.25, -0.2) is 4.39 Å². The summed E-state index contributed by atoms with van der Waals surface area (Å²) in [4.78, 5) is 0. The maximum absolute atomic E-state index is 14.0. The third-order valence-electron chi connectivity index (χ3n) is 8.48. The van der Waals surface area contributed by atoms with Gasteiger partial charge in [-0.15, -0.1) is 0 Å². The van der Waals surface area contributed by atoms with Gasteiger partial charge in [0.2, 0.25) is 0 Å². The molecule has 0 atom stereocenters. The minimum Gasteiger partial charge on any atom is -0.206 e. The number of halogens is 4. The van der Waals surface area contributed by atoms with E-state index in [0.29, 0.717) is 11.5 Å². The smallest absolute Gasteiger partial charge is 0.206 e. The molecule has 0 nitrogen and oxygen atoms in total. The highest BCUT2D eigenvalue weighted by Gasteiger charge is 2.34. The van der Waals surface area contributed by atoms with Crippen molar-refractivity contribution in [2.45, 2.75) is 94.9 Å². The molecule has 5 heteroatoms. The first-order chi connectivity index (χ1) is 16.3. The van der Waals surface area contributed by atoms with Crippen LogP contribution in [-0.4, -0.2) is 8.80 Å². The number of hydrogen-bond donors (Lipinski definition) is 0. The van der Waals surface area contributed by atoms with Crippen molar-refractivity contribution in [1.82, 2.24) is 0 Å². The molecule has 4 rings (SSSR count). The van der Waals surface area contributed by atoms with Crippen LogP contribution in [0.25, 0.3) is 11.1 Å². The van der Waals surface area contributed by atoms with Crippen LogP contribution in [0.2, 0.25) is 18.1 Å². The predicted molar refractivity (Wildman–Crippen MR) is 135 cm³/mol. The highest BCUT2D eigenvalue weighted by atomic mass is 28.3. The number of hydrogen-bond acceptors (Lipinski definition) is 0. The molecule has 0 amide bonds. The normalized spacial score (nSPS) is 25.9. The van der Waals surface area contributed by atoms with E-state index >= 15 is 0 Å². The largest absolute Gasteiger partial charge is 0.419 e. The van der Waals surface area contributed by atoms with Crippen molar-refractivity contribution in [3.8, 4) is 11.1 Å². The van der Waals surface area contributed by atoms with Crippen LogP contribution in [0.1, 0.15) is 81.8 Å². The van der Waals surface area contributed by atoms with Crippen LogP contribution in [-0.2, 0) is 6.18 Å². The molecule has 1 saturated carbocycles. The average molecular weight is 491 g/mol. The van der Waals surface area contributed by atoms with Gasteiger partial charge >= 0.3 is 6.18 Å². The van der Waals surface area contributed by atoms with E-state index in [2.05, 4.69) is 19.1 Å². The fourth-order valence-corrected chi connectivity index (χ4v) is 9.91. The predicted octanol–water partition coefficient (Wildman–Crippen LogP) is 9.61. The second-order valence-corrected chi connectivity index (χ2v) is 14.2. The Morgan fingerprint density at radius 2 is 1.38 bits per heavy atom. The van der Waals surface area contributed by atoms with Crippen LogP contribution in [0, 0.1) is 17.7 Å². The first-order valence-corrected chi connectivity index (χ1v) is 15.8. The van der Waals surface area contributed by atoms with E-state index in [0.717, 1.165) is 29.5 Å². The summed E-state index contributed by atoms with van der Waals surface area (Å²) in [5.41, 5.74) is 1.32. The Balaban J connectivity index is 1.25. The van der Waals surface area contributed by atoms with Gasteiger partial charge in [0.15, 0.2) is 0 Å². The number of rotatable bonds is 7. The van der Waals surface area contributed by atoms with Gasteiger partial charge in [0.05, 0.1) is 5.56 Å². The molecule has 0 unspecified atom stereocenters. The Labute approximate surface area is 203 Å². The van der Waals surface area contributed by atoms with Gasteiger partial charge < -0.3 is 0 Å². The van der Waals surface area contributed by atoms with E-state index in [9.17, 15) is 17.6 Å². The maximum atomic E-state index is 14.0. The summed E-state index contributed by atoms with van der Waals surface area (Å²) in [5, 5.41) is 0. The van der Waals surface area contributed by atoms with E-state index in [1.54, 1.807) is 18.1 Å². The Kier molecular flexibility index (Phi) is 8.55. The summed E-state index contributed by atoms with van der Waals surface area (Å²) in [6.07, 6.45) is 7.60. The van der Waals surface area contributed by atoms with Gasteiger partial charge in [0.25, 0.3) is 0 Å². The highest BCUT2D eigenvalue weighted by molar-refractivity contribution is 6.58. The lowest BCUT2D eigenvalue weighted by atomic mass is 9.76. The van der Waals surface area contributed by atoms with Crippen molar-refractivity contribution in [2.24, 2.45) is 11.8 Å². The topological polar surface area (TPSA) is 0 Å². The van der Waals surface area contributed by atoms with Crippen LogP contribution in [0.15, 0.2) is 42.5 Å². The molecule has 2 aromatic carbocycles. The minimum absolute atomic E-state index is 0.367. The summed E-state index contributed by atoms with van der Waals surface area (Å²) in [7, 11) is -0.367. The zero-order valence-electron chi connectivity index (χ0n) is 20.3. The zero-order chi connectivity index (χ0) is 24.1. The molecule has 1 aliphatic carbocycles. The summed E-state index contributed by atoms with van der Waals surface area (Å²) in [6.45, 7) is 2.34. The molecule has 2 aliphatic rings. The lowest BCUT2D eigenvalue weighted by Crippen LogP contribution is -2.22. The van der Waals surface area contributed by atoms with E-state index in [1.807, 2.05) is 12.1 Å². The molecule has 2 aromatic rings. The quantitative estimate of drug-likeness (QED) is 0.268. The van der Waals surface area contributed by atoms with Crippen LogP contribution in [0.4, 0.5) is 17.6 Å². The first-order valence-electron chi connectivity index (χ1n) is 13.3. The fourth-order valence-electron chi connectivity index (χ4n) is 6.35. The molecule has 34 heavy (non-hydrogen) atoms. The molecule has 0 aromatic heterocycles. The van der Waals surface area contributed by atoms with Crippen molar-refractivity contribution in [3.63, 3.8) is 0 Å². The third kappa shape index (κ3) is 6.53. The fraction of sp³-hybridized carbons (Fsp3) is 0.586. The minimum atomic E-state index is -4.67. The lowest BCUT2D eigenvalue weighted by molar-refractivity contribution is -0.139. The van der Waals surface area contributed by atoms with Gasteiger partial charge in [-0.1, -0.05) is 87.5 Å². The Morgan fingerprint density at radius 3 is 1.94 bits per heavy atom. The third-order valence-corrected chi connectivity index (χ3v) is 12.2. The summed E-state index contributed by atoms with van der Waals surface area (Å²) >= 11 is 0. The molecule has 2 fully saturated rings. The van der Waals surface area contributed by atoms with Crippen molar-refractivity contribution < 1.29 is 17.6 Å². The van der Waals surface area contributed by atoms with Gasteiger partial charge in [-0.05, 0) is 72.3 Å². The van der Waals surface area contributed by atoms with Crippen molar-refractivity contribution in [1.29, 1.82) is 0 Å². The van der Waals surface area contributed by atoms with Crippen molar-refractivity contribution in [3.05, 3.63) is 59.4 Å². The standard InChI is InChI=1S/C29H38F4Si/c1-2-17-34-18-15-22(16-19-34)4-3-21-5-7-23(8-6-21)24-9-11-25(12-10-24)26-13-14-27(28(30)20-26)29(31,32)33/h9-14,20-23,34H,2-8,15-19H2,1H3/t21-,22-,23-,34-. The first kappa shape index (κ1) is 25.5. The summed E-state index contributed by atoms with van der Waals surface area (Å²) < 4.78 is 52.4. The lowest BCUT2D eigenvalue weighted by Gasteiger charge is -2.32. The number of alkyl halides is 3. The van der Waals surface area contributed by atoms with Crippen LogP contribution < -0.4 is 0 Å². The van der Waals surface area contributed by atoms with Crippen molar-refractivity contribution >= 4 is 8.80 Å². The second kappa shape index (κ2) is 11.4. The van der Waals surface area contributed by atoms with Gasteiger partial charge in [0, 0.05) is 8.80 Å². The van der Waals surface area contributed by atoms with Crippen LogP contribution in [0.3, 0.4) is 0 Å². The molecule has 0 N–H and O–H groups in total. The SMILES string of the molecule is CCC[Si@H]1CC[C@H](CC[C@H]2CC[C@H](c3ccc(-c4ccc(C(F)(F)F)c(F)c4)cc3)CC2)CC1. The Hall–Kier alpha value is -1.62. The molecule has 186 valence electrons. The average Bonchev–Trinajstić information content (AvgIpc) is 2.83. The Bertz CT molecular complexity index is 905. The molecule has 1 saturated heterocycles. The van der Waals surface area contributed by atoms with Crippen molar-refractivity contribution in [2.75, 3.05) is 0 Å². The molecular weight excluding hydrogens is 452 g/mol. The Morgan fingerprint density at radius 1 is 0.794 bits per heavy atom. The maximum Gasteiger partial charge on any atom is 0.419 e.